The van der Waals surface area contributed by atoms with Crippen LogP contribution in [0.2, 0.25) is 0 Å². The Morgan fingerprint density at radius 2 is 2.11 bits per heavy atom. The SMILES string of the molecule is CCNC(C)c1nnn(-c2ccccc2F)c1C. The normalized spacial score (nSPS) is 12.7. The molecule has 1 N–H and O–H groups in total. The van der Waals surface area contributed by atoms with Crippen LogP contribution < -0.4 is 5.32 Å². The van der Waals surface area contributed by atoms with Crippen LogP contribution in [0.4, 0.5) is 4.39 Å². The average Bonchev–Trinajstić information content (AvgIpc) is 2.72. The highest BCUT2D eigenvalue weighted by Gasteiger charge is 2.16. The Morgan fingerprint density at radius 3 is 2.78 bits per heavy atom. The van der Waals surface area contributed by atoms with Gasteiger partial charge in [-0.05, 0) is 32.5 Å². The number of rotatable bonds is 4. The molecule has 0 saturated heterocycles. The number of hydrogen-bond donors (Lipinski definition) is 1. The third kappa shape index (κ3) is 2.26. The Morgan fingerprint density at radius 1 is 1.39 bits per heavy atom. The van der Waals surface area contributed by atoms with E-state index >= 15 is 0 Å². The van der Waals surface area contributed by atoms with Crippen LogP contribution >= 0.6 is 0 Å². The van der Waals surface area contributed by atoms with Crippen molar-refractivity contribution in [2.75, 3.05) is 6.54 Å². The Balaban J connectivity index is 2.40. The molecule has 0 saturated carbocycles. The Bertz CT molecular complexity index is 536. The lowest BCUT2D eigenvalue weighted by Crippen LogP contribution is -2.19. The van der Waals surface area contributed by atoms with Gasteiger partial charge in [-0.2, -0.15) is 0 Å². The van der Waals surface area contributed by atoms with E-state index in [1.165, 1.54) is 6.07 Å². The maximum Gasteiger partial charge on any atom is 0.148 e. The monoisotopic (exact) mass is 248 g/mol. The molecule has 0 aliphatic heterocycles. The first-order valence-corrected chi connectivity index (χ1v) is 6.05. The fraction of sp³-hybridized carbons (Fsp3) is 0.385. The van der Waals surface area contributed by atoms with Crippen molar-refractivity contribution in [2.24, 2.45) is 0 Å². The summed E-state index contributed by atoms with van der Waals surface area (Å²) in [6, 6.07) is 6.67. The molecule has 5 heteroatoms. The summed E-state index contributed by atoms with van der Waals surface area (Å²) in [5.41, 5.74) is 2.13. The molecule has 0 aliphatic carbocycles. The first-order chi connectivity index (χ1) is 8.65. The molecular weight excluding hydrogens is 231 g/mol. The predicted octanol–water partition coefficient (Wildman–Crippen LogP) is 2.39. The number of benzene rings is 1. The molecule has 2 aromatic rings. The van der Waals surface area contributed by atoms with Crippen molar-refractivity contribution < 1.29 is 4.39 Å². The third-order valence-electron chi connectivity index (χ3n) is 2.93. The fourth-order valence-corrected chi connectivity index (χ4v) is 2.00. The molecule has 0 spiro atoms. The fourth-order valence-electron chi connectivity index (χ4n) is 2.00. The van der Waals surface area contributed by atoms with E-state index < -0.39 is 0 Å². The molecular formula is C13H17FN4. The largest absolute Gasteiger partial charge is 0.309 e. The molecule has 96 valence electrons. The maximum absolute atomic E-state index is 13.7. The standard InChI is InChI=1S/C13H17FN4/c1-4-15-9(2)13-10(3)18(17-16-13)12-8-6-5-7-11(12)14/h5-9,15H,4H2,1-3H3. The Hall–Kier alpha value is -1.75. The second kappa shape index (κ2) is 5.27. The quantitative estimate of drug-likeness (QED) is 0.903. The lowest BCUT2D eigenvalue weighted by Gasteiger charge is -2.10. The summed E-state index contributed by atoms with van der Waals surface area (Å²) in [6.07, 6.45) is 0. The molecule has 4 nitrogen and oxygen atoms in total. The molecule has 0 aliphatic rings. The summed E-state index contributed by atoms with van der Waals surface area (Å²) in [5, 5.41) is 11.4. The first-order valence-electron chi connectivity index (χ1n) is 6.05. The number of nitrogens with one attached hydrogen (secondary N) is 1. The summed E-state index contributed by atoms with van der Waals surface area (Å²) in [4.78, 5) is 0. The molecule has 0 bridgehead atoms. The first kappa shape index (κ1) is 12.7. The highest BCUT2D eigenvalue weighted by Crippen LogP contribution is 2.19. The maximum atomic E-state index is 13.7. The second-order valence-corrected chi connectivity index (χ2v) is 4.20. The molecule has 0 amide bonds. The van der Waals surface area contributed by atoms with Crippen molar-refractivity contribution in [3.8, 4) is 5.69 Å². The molecule has 18 heavy (non-hydrogen) atoms. The zero-order valence-electron chi connectivity index (χ0n) is 10.8. The lowest BCUT2D eigenvalue weighted by molar-refractivity contribution is 0.579. The van der Waals surface area contributed by atoms with Crippen molar-refractivity contribution in [1.29, 1.82) is 0 Å². The van der Waals surface area contributed by atoms with Gasteiger partial charge in [-0.3, -0.25) is 0 Å². The van der Waals surface area contributed by atoms with Crippen molar-refractivity contribution in [3.63, 3.8) is 0 Å². The Labute approximate surface area is 106 Å². The van der Waals surface area contributed by atoms with Gasteiger partial charge in [-0.1, -0.05) is 24.3 Å². The minimum atomic E-state index is -0.298. The zero-order chi connectivity index (χ0) is 13.1. The Kier molecular flexibility index (Phi) is 3.72. The number of hydrogen-bond acceptors (Lipinski definition) is 3. The number of nitrogens with zero attached hydrogens (tertiary/aromatic N) is 3. The molecule has 1 heterocycles. The van der Waals surface area contributed by atoms with E-state index in [2.05, 4.69) is 15.6 Å². The summed E-state index contributed by atoms with van der Waals surface area (Å²) in [5.74, 6) is -0.298. The van der Waals surface area contributed by atoms with Gasteiger partial charge in [0, 0.05) is 0 Å². The van der Waals surface area contributed by atoms with E-state index in [-0.39, 0.29) is 11.9 Å². The van der Waals surface area contributed by atoms with Gasteiger partial charge in [0.1, 0.15) is 17.2 Å². The molecule has 1 unspecified atom stereocenters. The van der Waals surface area contributed by atoms with Crippen LogP contribution in [-0.2, 0) is 0 Å². The average molecular weight is 248 g/mol. The van der Waals surface area contributed by atoms with Crippen molar-refractivity contribution in [1.82, 2.24) is 20.3 Å². The predicted molar refractivity (Wildman–Crippen MR) is 68.1 cm³/mol. The zero-order valence-corrected chi connectivity index (χ0v) is 10.8. The lowest BCUT2D eigenvalue weighted by atomic mass is 10.2. The second-order valence-electron chi connectivity index (χ2n) is 4.20. The highest BCUT2D eigenvalue weighted by molar-refractivity contribution is 5.35. The van der Waals surface area contributed by atoms with Crippen LogP contribution in [0.3, 0.4) is 0 Å². The molecule has 0 radical (unpaired) electrons. The number of halogens is 1. The van der Waals surface area contributed by atoms with E-state index in [0.29, 0.717) is 5.69 Å². The van der Waals surface area contributed by atoms with Crippen LogP contribution in [0.25, 0.3) is 5.69 Å². The van der Waals surface area contributed by atoms with Crippen molar-refractivity contribution >= 4 is 0 Å². The van der Waals surface area contributed by atoms with Crippen molar-refractivity contribution in [3.05, 3.63) is 41.5 Å². The summed E-state index contributed by atoms with van der Waals surface area (Å²) in [6.45, 7) is 6.81. The van der Waals surface area contributed by atoms with Gasteiger partial charge < -0.3 is 5.32 Å². The smallest absolute Gasteiger partial charge is 0.148 e. The molecule has 1 aromatic heterocycles. The van der Waals surface area contributed by atoms with E-state index in [0.717, 1.165) is 17.9 Å². The van der Waals surface area contributed by atoms with Gasteiger partial charge in [-0.15, -0.1) is 5.10 Å². The summed E-state index contributed by atoms with van der Waals surface area (Å²) >= 11 is 0. The highest BCUT2D eigenvalue weighted by atomic mass is 19.1. The van der Waals surface area contributed by atoms with Gasteiger partial charge in [0.25, 0.3) is 0 Å². The summed E-state index contributed by atoms with van der Waals surface area (Å²) < 4.78 is 15.2. The van der Waals surface area contributed by atoms with E-state index in [9.17, 15) is 4.39 Å². The van der Waals surface area contributed by atoms with Crippen LogP contribution in [0, 0.1) is 12.7 Å². The van der Waals surface area contributed by atoms with Gasteiger partial charge >= 0.3 is 0 Å². The molecule has 0 fully saturated rings. The van der Waals surface area contributed by atoms with E-state index in [1.807, 2.05) is 20.8 Å². The number of aromatic nitrogens is 3. The van der Waals surface area contributed by atoms with Gasteiger partial charge in [0.15, 0.2) is 0 Å². The van der Waals surface area contributed by atoms with Crippen LogP contribution in [0.1, 0.15) is 31.3 Å². The third-order valence-corrected chi connectivity index (χ3v) is 2.93. The van der Waals surface area contributed by atoms with Gasteiger partial charge in [0.05, 0.1) is 11.7 Å². The van der Waals surface area contributed by atoms with E-state index in [1.54, 1.807) is 22.9 Å². The topological polar surface area (TPSA) is 42.7 Å². The van der Waals surface area contributed by atoms with Gasteiger partial charge in [-0.25, -0.2) is 9.07 Å². The van der Waals surface area contributed by atoms with Crippen LogP contribution in [0.5, 0.6) is 0 Å². The van der Waals surface area contributed by atoms with Crippen LogP contribution in [-0.4, -0.2) is 21.5 Å². The van der Waals surface area contributed by atoms with E-state index in [4.69, 9.17) is 0 Å². The summed E-state index contributed by atoms with van der Waals surface area (Å²) in [7, 11) is 0. The molecule has 1 atom stereocenters. The van der Waals surface area contributed by atoms with Crippen molar-refractivity contribution in [2.45, 2.75) is 26.8 Å². The van der Waals surface area contributed by atoms with Crippen LogP contribution in [0.15, 0.2) is 24.3 Å². The minimum Gasteiger partial charge on any atom is -0.309 e. The van der Waals surface area contributed by atoms with Gasteiger partial charge in [0.2, 0.25) is 0 Å². The molecule has 2 rings (SSSR count). The number of para-hydroxylation sites is 1. The minimum absolute atomic E-state index is 0.107. The molecule has 1 aromatic carbocycles.